The minimum absolute atomic E-state index is 0.0899. The lowest BCUT2D eigenvalue weighted by atomic mass is 10.1. The Hall–Kier alpha value is -3.71. The summed E-state index contributed by atoms with van der Waals surface area (Å²) < 4.78 is 0. The van der Waals surface area contributed by atoms with Crippen LogP contribution in [0.2, 0.25) is 0 Å². The monoisotopic (exact) mass is 444 g/mol. The number of carbonyl (C=O) groups excluding carboxylic acids is 1. The number of nitrogens with zero attached hydrogens (tertiary/aromatic N) is 3. The molecule has 7 nitrogen and oxygen atoms in total. The van der Waals surface area contributed by atoms with Crippen molar-refractivity contribution >= 4 is 23.0 Å². The smallest absolute Gasteiger partial charge is 0.270 e. The number of amides is 1. The fraction of sp³-hybridized carbons (Fsp3) is 0.269. The summed E-state index contributed by atoms with van der Waals surface area (Å²) in [5.41, 5.74) is 4.08. The van der Waals surface area contributed by atoms with E-state index in [1.54, 1.807) is 6.07 Å². The number of nitro benzene ring substituents is 1. The zero-order valence-corrected chi connectivity index (χ0v) is 18.7. The SMILES string of the molecule is CCc1ccc(NC(=O)c2cc([N+](=O)[O-])ccc2N2CCN(Cc3ccccc3)CC2)cc1. The third-order valence-electron chi connectivity index (χ3n) is 6.02. The van der Waals surface area contributed by atoms with Crippen LogP contribution in [0.15, 0.2) is 72.8 Å². The molecule has 0 unspecified atom stereocenters. The van der Waals surface area contributed by atoms with Crippen molar-refractivity contribution in [2.24, 2.45) is 0 Å². The van der Waals surface area contributed by atoms with Crippen molar-refractivity contribution in [1.29, 1.82) is 0 Å². The van der Waals surface area contributed by atoms with E-state index in [-0.39, 0.29) is 11.6 Å². The van der Waals surface area contributed by atoms with Crippen molar-refractivity contribution in [3.8, 4) is 0 Å². The van der Waals surface area contributed by atoms with Gasteiger partial charge in [0, 0.05) is 50.5 Å². The van der Waals surface area contributed by atoms with Gasteiger partial charge in [-0.05, 0) is 35.7 Å². The van der Waals surface area contributed by atoms with E-state index in [1.165, 1.54) is 23.3 Å². The van der Waals surface area contributed by atoms with Crippen LogP contribution in [0, 0.1) is 10.1 Å². The van der Waals surface area contributed by atoms with Crippen LogP contribution in [0.25, 0.3) is 0 Å². The van der Waals surface area contributed by atoms with Gasteiger partial charge in [0.05, 0.1) is 16.2 Å². The first-order valence-electron chi connectivity index (χ1n) is 11.2. The highest BCUT2D eigenvalue weighted by molar-refractivity contribution is 6.08. The number of nitrogens with one attached hydrogen (secondary N) is 1. The molecule has 0 saturated carbocycles. The van der Waals surface area contributed by atoms with Gasteiger partial charge in [-0.25, -0.2) is 0 Å². The van der Waals surface area contributed by atoms with Crippen molar-refractivity contribution in [1.82, 2.24) is 4.90 Å². The highest BCUT2D eigenvalue weighted by atomic mass is 16.6. The van der Waals surface area contributed by atoms with E-state index in [9.17, 15) is 14.9 Å². The van der Waals surface area contributed by atoms with Crippen molar-refractivity contribution < 1.29 is 9.72 Å². The van der Waals surface area contributed by atoms with Crippen LogP contribution in [0.1, 0.15) is 28.4 Å². The van der Waals surface area contributed by atoms with Gasteiger partial charge in [-0.15, -0.1) is 0 Å². The number of nitro groups is 1. The molecule has 7 heteroatoms. The first-order chi connectivity index (χ1) is 16.0. The third-order valence-corrected chi connectivity index (χ3v) is 6.02. The van der Waals surface area contributed by atoms with Crippen molar-refractivity contribution in [3.63, 3.8) is 0 Å². The van der Waals surface area contributed by atoms with E-state index in [0.717, 1.165) is 44.8 Å². The largest absolute Gasteiger partial charge is 0.368 e. The lowest BCUT2D eigenvalue weighted by Gasteiger charge is -2.36. The fourth-order valence-corrected chi connectivity index (χ4v) is 4.11. The van der Waals surface area contributed by atoms with E-state index >= 15 is 0 Å². The number of benzene rings is 3. The standard InChI is InChI=1S/C26H28N4O3/c1-2-20-8-10-22(11-9-20)27-26(31)24-18-23(30(32)33)12-13-25(24)29-16-14-28(15-17-29)19-21-6-4-3-5-7-21/h3-13,18H,2,14-17,19H2,1H3,(H,27,31). The average molecular weight is 445 g/mol. The summed E-state index contributed by atoms with van der Waals surface area (Å²) in [5, 5.41) is 14.3. The molecule has 0 radical (unpaired) electrons. The lowest BCUT2D eigenvalue weighted by Crippen LogP contribution is -2.46. The number of aryl methyl sites for hydroxylation is 1. The number of hydrogen-bond donors (Lipinski definition) is 1. The molecule has 33 heavy (non-hydrogen) atoms. The highest BCUT2D eigenvalue weighted by Gasteiger charge is 2.24. The molecule has 1 fully saturated rings. The Morgan fingerprint density at radius 2 is 1.64 bits per heavy atom. The molecule has 1 aliphatic heterocycles. The number of anilines is 2. The molecule has 1 heterocycles. The normalized spacial score (nSPS) is 14.2. The number of piperazine rings is 1. The molecular weight excluding hydrogens is 416 g/mol. The summed E-state index contributed by atoms with van der Waals surface area (Å²) >= 11 is 0. The van der Waals surface area contributed by atoms with Gasteiger partial charge in [0.15, 0.2) is 0 Å². The topological polar surface area (TPSA) is 78.7 Å². The molecule has 4 rings (SSSR count). The summed E-state index contributed by atoms with van der Waals surface area (Å²) in [7, 11) is 0. The Labute approximate surface area is 193 Å². The maximum absolute atomic E-state index is 13.1. The Balaban J connectivity index is 1.50. The molecule has 1 N–H and O–H groups in total. The van der Waals surface area contributed by atoms with E-state index in [1.807, 2.05) is 42.5 Å². The van der Waals surface area contributed by atoms with Crippen LogP contribution in [0.4, 0.5) is 17.1 Å². The van der Waals surface area contributed by atoms with Crippen LogP contribution in [-0.2, 0) is 13.0 Å². The van der Waals surface area contributed by atoms with Crippen LogP contribution >= 0.6 is 0 Å². The maximum atomic E-state index is 13.1. The van der Waals surface area contributed by atoms with E-state index in [0.29, 0.717) is 11.3 Å². The molecule has 0 aliphatic carbocycles. The minimum atomic E-state index is -0.464. The van der Waals surface area contributed by atoms with E-state index in [2.05, 4.69) is 34.2 Å². The average Bonchev–Trinajstić information content (AvgIpc) is 2.85. The minimum Gasteiger partial charge on any atom is -0.368 e. The molecule has 0 aromatic heterocycles. The summed E-state index contributed by atoms with van der Waals surface area (Å²) in [6, 6.07) is 22.5. The number of rotatable bonds is 7. The number of non-ortho nitro benzene ring substituents is 1. The van der Waals surface area contributed by atoms with Crippen molar-refractivity contribution in [2.45, 2.75) is 19.9 Å². The van der Waals surface area contributed by atoms with Crippen molar-refractivity contribution in [2.75, 3.05) is 36.4 Å². The summed E-state index contributed by atoms with van der Waals surface area (Å²) in [6.45, 7) is 6.15. The van der Waals surface area contributed by atoms with Crippen LogP contribution in [0.3, 0.4) is 0 Å². The highest BCUT2D eigenvalue weighted by Crippen LogP contribution is 2.28. The lowest BCUT2D eigenvalue weighted by molar-refractivity contribution is -0.384. The summed E-state index contributed by atoms with van der Waals surface area (Å²) in [5.74, 6) is -0.343. The van der Waals surface area contributed by atoms with Crippen LogP contribution in [0.5, 0.6) is 0 Å². The van der Waals surface area contributed by atoms with Gasteiger partial charge in [0.25, 0.3) is 11.6 Å². The second kappa shape index (κ2) is 10.3. The van der Waals surface area contributed by atoms with E-state index < -0.39 is 4.92 Å². The molecule has 1 saturated heterocycles. The molecule has 3 aromatic rings. The molecular formula is C26H28N4O3. The molecule has 3 aromatic carbocycles. The number of hydrogen-bond acceptors (Lipinski definition) is 5. The van der Waals surface area contributed by atoms with E-state index in [4.69, 9.17) is 0 Å². The van der Waals surface area contributed by atoms with Gasteiger partial charge in [-0.2, -0.15) is 0 Å². The second-order valence-electron chi connectivity index (χ2n) is 8.21. The van der Waals surface area contributed by atoms with Crippen LogP contribution in [-0.4, -0.2) is 41.9 Å². The Morgan fingerprint density at radius 3 is 2.27 bits per heavy atom. The third kappa shape index (κ3) is 5.56. The molecule has 170 valence electrons. The Morgan fingerprint density at radius 1 is 0.939 bits per heavy atom. The van der Waals surface area contributed by atoms with Gasteiger partial charge in [0.1, 0.15) is 0 Å². The van der Waals surface area contributed by atoms with Gasteiger partial charge in [0.2, 0.25) is 0 Å². The van der Waals surface area contributed by atoms with Crippen molar-refractivity contribution in [3.05, 3.63) is 99.6 Å². The van der Waals surface area contributed by atoms with Gasteiger partial charge in [-0.1, -0.05) is 49.4 Å². The predicted octanol–water partition coefficient (Wildman–Crippen LogP) is 4.73. The van der Waals surface area contributed by atoms with Gasteiger partial charge >= 0.3 is 0 Å². The first-order valence-corrected chi connectivity index (χ1v) is 11.2. The molecule has 0 bridgehead atoms. The molecule has 0 atom stereocenters. The summed E-state index contributed by atoms with van der Waals surface area (Å²) in [6.07, 6.45) is 0.916. The quantitative estimate of drug-likeness (QED) is 0.421. The molecule has 1 amide bonds. The number of carbonyl (C=O) groups is 1. The molecule has 1 aliphatic rings. The fourth-order valence-electron chi connectivity index (χ4n) is 4.11. The molecule has 0 spiro atoms. The Bertz CT molecular complexity index is 1110. The zero-order valence-electron chi connectivity index (χ0n) is 18.7. The summed E-state index contributed by atoms with van der Waals surface area (Å²) in [4.78, 5) is 28.6. The Kier molecular flexibility index (Phi) is 7.00. The first kappa shape index (κ1) is 22.5. The maximum Gasteiger partial charge on any atom is 0.270 e. The van der Waals surface area contributed by atoms with Gasteiger partial charge < -0.3 is 10.2 Å². The second-order valence-corrected chi connectivity index (χ2v) is 8.21. The van der Waals surface area contributed by atoms with Gasteiger partial charge in [-0.3, -0.25) is 19.8 Å². The van der Waals surface area contributed by atoms with Crippen LogP contribution < -0.4 is 10.2 Å². The predicted molar refractivity (Wildman–Crippen MR) is 131 cm³/mol. The zero-order chi connectivity index (χ0) is 23.2.